The molecule has 8 nitrogen and oxygen atoms in total. The van der Waals surface area contributed by atoms with Crippen LogP contribution in [0.25, 0.3) is 0 Å². The summed E-state index contributed by atoms with van der Waals surface area (Å²) in [7, 11) is -3.02. The summed E-state index contributed by atoms with van der Waals surface area (Å²) >= 11 is 0. The van der Waals surface area contributed by atoms with Crippen molar-refractivity contribution in [3.8, 4) is 0 Å². The maximum absolute atomic E-state index is 11.8. The Morgan fingerprint density at radius 2 is 2.07 bits per heavy atom. The number of sulfone groups is 1. The van der Waals surface area contributed by atoms with Crippen molar-refractivity contribution < 1.29 is 18.3 Å². The summed E-state index contributed by atoms with van der Waals surface area (Å²) in [5.41, 5.74) is 1.28. The Bertz CT molecular complexity index is 962. The van der Waals surface area contributed by atoms with Gasteiger partial charge in [-0.1, -0.05) is 12.1 Å². The van der Waals surface area contributed by atoms with Crippen molar-refractivity contribution in [3.05, 3.63) is 41.6 Å². The van der Waals surface area contributed by atoms with Crippen LogP contribution in [0.3, 0.4) is 0 Å². The van der Waals surface area contributed by atoms with E-state index in [2.05, 4.69) is 15.3 Å². The number of rotatable bonds is 6. The molecule has 9 heteroatoms. The molecule has 1 fully saturated rings. The number of hydrogen-bond donors (Lipinski definition) is 2. The van der Waals surface area contributed by atoms with Gasteiger partial charge < -0.3 is 15.3 Å². The van der Waals surface area contributed by atoms with Crippen LogP contribution in [0.4, 0.5) is 17.5 Å². The third-order valence-electron chi connectivity index (χ3n) is 4.51. The summed E-state index contributed by atoms with van der Waals surface area (Å²) in [6.45, 7) is 4.33. The standard InChI is InChI=1S/C18H22N4O4S/c1-3-22(13-8-9-27(25,26)11-13)18-19-12(2)10-16(21-18)20-15-7-5-4-6-14(15)17(23)24/h4-7,10,13H,3,8-9,11H2,1-2H3,(H,23,24)(H,19,20,21). The first-order chi connectivity index (χ1) is 12.8. The topological polar surface area (TPSA) is 112 Å². The monoisotopic (exact) mass is 390 g/mol. The van der Waals surface area contributed by atoms with Crippen molar-refractivity contribution >= 4 is 33.3 Å². The number of aromatic nitrogens is 2. The normalized spacial score (nSPS) is 18.2. The van der Waals surface area contributed by atoms with Gasteiger partial charge in [0.1, 0.15) is 5.82 Å². The summed E-state index contributed by atoms with van der Waals surface area (Å²) in [4.78, 5) is 22.3. The highest BCUT2D eigenvalue weighted by molar-refractivity contribution is 7.91. The van der Waals surface area contributed by atoms with E-state index in [0.717, 1.165) is 0 Å². The van der Waals surface area contributed by atoms with Crippen LogP contribution in [0.1, 0.15) is 29.4 Å². The van der Waals surface area contributed by atoms with Gasteiger partial charge in [0.15, 0.2) is 9.84 Å². The number of carbonyl (C=O) groups is 1. The van der Waals surface area contributed by atoms with Crippen LogP contribution in [0.2, 0.25) is 0 Å². The van der Waals surface area contributed by atoms with Crippen LogP contribution >= 0.6 is 0 Å². The largest absolute Gasteiger partial charge is 0.478 e. The number of aryl methyl sites for hydroxylation is 1. The molecule has 1 unspecified atom stereocenters. The Kier molecular flexibility index (Phi) is 5.31. The molecule has 27 heavy (non-hydrogen) atoms. The van der Waals surface area contributed by atoms with E-state index in [-0.39, 0.29) is 23.1 Å². The number of anilines is 3. The molecule has 1 aromatic carbocycles. The van der Waals surface area contributed by atoms with E-state index < -0.39 is 15.8 Å². The molecule has 1 aliphatic rings. The van der Waals surface area contributed by atoms with Crippen LogP contribution in [-0.4, -0.2) is 53.6 Å². The Hall–Kier alpha value is -2.68. The lowest BCUT2D eigenvalue weighted by molar-refractivity contribution is 0.0698. The predicted octanol–water partition coefficient (Wildman–Crippen LogP) is 2.24. The minimum atomic E-state index is -3.02. The van der Waals surface area contributed by atoms with Gasteiger partial charge in [0.2, 0.25) is 5.95 Å². The number of carboxylic acid groups (broad SMARTS) is 1. The maximum atomic E-state index is 11.8. The van der Waals surface area contributed by atoms with Gasteiger partial charge in [-0.3, -0.25) is 0 Å². The lowest BCUT2D eigenvalue weighted by Crippen LogP contribution is -2.37. The third kappa shape index (κ3) is 4.36. The number of carboxylic acids is 1. The molecule has 144 valence electrons. The molecular weight excluding hydrogens is 368 g/mol. The highest BCUT2D eigenvalue weighted by Crippen LogP contribution is 2.25. The Morgan fingerprint density at radius 3 is 2.70 bits per heavy atom. The van der Waals surface area contributed by atoms with Gasteiger partial charge in [-0.2, -0.15) is 4.98 Å². The summed E-state index contributed by atoms with van der Waals surface area (Å²) in [6.07, 6.45) is 0.554. The number of nitrogens with one attached hydrogen (secondary N) is 1. The summed E-state index contributed by atoms with van der Waals surface area (Å²) in [5.74, 6) is 0.149. The van der Waals surface area contributed by atoms with Crippen molar-refractivity contribution in [2.24, 2.45) is 0 Å². The van der Waals surface area contributed by atoms with Gasteiger partial charge in [0.05, 0.1) is 22.8 Å². The second-order valence-corrected chi connectivity index (χ2v) is 8.74. The molecule has 0 aliphatic carbocycles. The fraction of sp³-hybridized carbons (Fsp3) is 0.389. The van der Waals surface area contributed by atoms with Crippen LogP contribution < -0.4 is 10.2 Å². The second-order valence-electron chi connectivity index (χ2n) is 6.51. The predicted molar refractivity (Wildman–Crippen MR) is 104 cm³/mol. The van der Waals surface area contributed by atoms with Crippen molar-refractivity contribution in [3.63, 3.8) is 0 Å². The molecule has 1 aliphatic heterocycles. The van der Waals surface area contributed by atoms with E-state index in [9.17, 15) is 18.3 Å². The van der Waals surface area contributed by atoms with Crippen molar-refractivity contribution in [2.45, 2.75) is 26.3 Å². The molecule has 0 bridgehead atoms. The zero-order valence-corrected chi connectivity index (χ0v) is 16.0. The van der Waals surface area contributed by atoms with Gasteiger partial charge in [-0.25, -0.2) is 18.2 Å². The Morgan fingerprint density at radius 1 is 1.33 bits per heavy atom. The van der Waals surface area contributed by atoms with Gasteiger partial charge in [-0.15, -0.1) is 0 Å². The molecular formula is C18H22N4O4S. The van der Waals surface area contributed by atoms with E-state index >= 15 is 0 Å². The smallest absolute Gasteiger partial charge is 0.337 e. The zero-order valence-electron chi connectivity index (χ0n) is 15.2. The zero-order chi connectivity index (χ0) is 19.6. The van der Waals surface area contributed by atoms with Crippen LogP contribution in [0.5, 0.6) is 0 Å². The average Bonchev–Trinajstić information content (AvgIpc) is 2.95. The number of nitrogens with zero attached hydrogens (tertiary/aromatic N) is 3. The third-order valence-corrected chi connectivity index (χ3v) is 6.26. The number of benzene rings is 1. The summed E-state index contributed by atoms with van der Waals surface area (Å²) in [5, 5.41) is 12.4. The van der Waals surface area contributed by atoms with E-state index in [1.165, 1.54) is 6.07 Å². The van der Waals surface area contributed by atoms with E-state index in [1.807, 2.05) is 18.7 Å². The second kappa shape index (κ2) is 7.51. The quantitative estimate of drug-likeness (QED) is 0.772. The Labute approximate surface area is 158 Å². The van der Waals surface area contributed by atoms with Gasteiger partial charge in [0, 0.05) is 24.3 Å². The van der Waals surface area contributed by atoms with Crippen molar-refractivity contribution in [1.29, 1.82) is 0 Å². The molecule has 0 spiro atoms. The van der Waals surface area contributed by atoms with Crippen molar-refractivity contribution in [1.82, 2.24) is 9.97 Å². The fourth-order valence-electron chi connectivity index (χ4n) is 3.25. The lowest BCUT2D eigenvalue weighted by atomic mass is 10.2. The fourth-order valence-corrected chi connectivity index (χ4v) is 4.98. The van der Waals surface area contributed by atoms with Crippen LogP contribution in [0, 0.1) is 6.92 Å². The van der Waals surface area contributed by atoms with Gasteiger partial charge in [-0.05, 0) is 32.4 Å². The first-order valence-corrected chi connectivity index (χ1v) is 10.5. The molecule has 3 rings (SSSR count). The van der Waals surface area contributed by atoms with E-state index in [1.54, 1.807) is 24.3 Å². The summed E-state index contributed by atoms with van der Waals surface area (Å²) in [6, 6.07) is 8.15. The van der Waals surface area contributed by atoms with Gasteiger partial charge in [0.25, 0.3) is 0 Å². The maximum Gasteiger partial charge on any atom is 0.337 e. The minimum Gasteiger partial charge on any atom is -0.478 e. The summed E-state index contributed by atoms with van der Waals surface area (Å²) < 4.78 is 23.7. The molecule has 0 amide bonds. The number of para-hydroxylation sites is 1. The molecule has 0 radical (unpaired) electrons. The molecule has 1 aromatic heterocycles. The minimum absolute atomic E-state index is 0.1000. The van der Waals surface area contributed by atoms with Gasteiger partial charge >= 0.3 is 5.97 Å². The highest BCUT2D eigenvalue weighted by atomic mass is 32.2. The lowest BCUT2D eigenvalue weighted by Gasteiger charge is -2.27. The molecule has 2 aromatic rings. The molecule has 2 heterocycles. The molecule has 2 N–H and O–H groups in total. The number of aromatic carboxylic acids is 1. The first kappa shape index (κ1) is 19.1. The molecule has 0 saturated carbocycles. The van der Waals surface area contributed by atoms with Crippen LogP contribution in [0.15, 0.2) is 30.3 Å². The molecule has 1 saturated heterocycles. The Balaban J connectivity index is 1.91. The van der Waals surface area contributed by atoms with E-state index in [0.29, 0.717) is 36.1 Å². The number of hydrogen-bond acceptors (Lipinski definition) is 7. The van der Waals surface area contributed by atoms with Crippen molar-refractivity contribution in [2.75, 3.05) is 28.3 Å². The average molecular weight is 390 g/mol. The SMILES string of the molecule is CCN(c1nc(C)cc(Nc2ccccc2C(=O)O)n1)C1CCS(=O)(=O)C1. The highest BCUT2D eigenvalue weighted by Gasteiger charge is 2.33. The first-order valence-electron chi connectivity index (χ1n) is 8.71. The molecule has 1 atom stereocenters. The van der Waals surface area contributed by atoms with Crippen LogP contribution in [-0.2, 0) is 9.84 Å². The van der Waals surface area contributed by atoms with E-state index in [4.69, 9.17) is 0 Å².